The minimum Gasteiger partial charge on any atom is -0.310 e. The van der Waals surface area contributed by atoms with E-state index in [9.17, 15) is 0 Å². The van der Waals surface area contributed by atoms with E-state index in [1.54, 1.807) is 0 Å². The first-order valence-electron chi connectivity index (χ1n) is 8.22. The summed E-state index contributed by atoms with van der Waals surface area (Å²) in [4.78, 5) is 2.32. The van der Waals surface area contributed by atoms with Crippen molar-refractivity contribution in [2.45, 2.75) is 6.92 Å². The first-order chi connectivity index (χ1) is 11.8. The van der Waals surface area contributed by atoms with Crippen molar-refractivity contribution in [1.82, 2.24) is 0 Å². The van der Waals surface area contributed by atoms with Gasteiger partial charge in [-0.1, -0.05) is 72.3 Å². The second-order valence-corrected chi connectivity index (χ2v) is 6.01. The zero-order valence-corrected chi connectivity index (χ0v) is 13.7. The van der Waals surface area contributed by atoms with Gasteiger partial charge in [0.05, 0.1) is 5.69 Å². The molecular formula is C23H19N. The Bertz CT molecular complexity index is 919. The van der Waals surface area contributed by atoms with Crippen molar-refractivity contribution < 1.29 is 0 Å². The highest BCUT2D eigenvalue weighted by Gasteiger charge is 2.14. The van der Waals surface area contributed by atoms with E-state index in [4.69, 9.17) is 0 Å². The van der Waals surface area contributed by atoms with Crippen molar-refractivity contribution in [1.29, 1.82) is 0 Å². The van der Waals surface area contributed by atoms with Crippen LogP contribution in [0.4, 0.5) is 17.1 Å². The van der Waals surface area contributed by atoms with Gasteiger partial charge < -0.3 is 4.90 Å². The quantitative estimate of drug-likeness (QED) is 0.411. The van der Waals surface area contributed by atoms with Crippen LogP contribution >= 0.6 is 0 Å². The molecule has 0 saturated carbocycles. The molecule has 0 heterocycles. The number of fused-ring (bicyclic) bond motifs is 1. The smallest absolute Gasteiger partial charge is 0.0540 e. The van der Waals surface area contributed by atoms with Crippen LogP contribution in [0.25, 0.3) is 10.8 Å². The topological polar surface area (TPSA) is 3.24 Å². The molecule has 1 nitrogen and oxygen atoms in total. The van der Waals surface area contributed by atoms with Crippen LogP contribution in [0, 0.1) is 6.92 Å². The number of nitrogens with zero attached hydrogens (tertiary/aromatic N) is 1. The SMILES string of the molecule is Cc1ccc2c(N(c3ccccc3)c3ccccc3)cccc2c1. The highest BCUT2D eigenvalue weighted by Crippen LogP contribution is 2.38. The molecule has 0 aliphatic carbocycles. The third-order valence-electron chi connectivity index (χ3n) is 4.28. The molecule has 0 aromatic heterocycles. The van der Waals surface area contributed by atoms with Gasteiger partial charge in [-0.05, 0) is 42.6 Å². The van der Waals surface area contributed by atoms with Crippen molar-refractivity contribution in [3.8, 4) is 0 Å². The van der Waals surface area contributed by atoms with E-state index in [-0.39, 0.29) is 0 Å². The predicted octanol–water partition coefficient (Wildman–Crippen LogP) is 6.62. The molecule has 0 radical (unpaired) electrons. The Kier molecular flexibility index (Phi) is 3.76. The highest BCUT2D eigenvalue weighted by atomic mass is 15.1. The first-order valence-corrected chi connectivity index (χ1v) is 8.22. The van der Waals surface area contributed by atoms with Crippen molar-refractivity contribution in [2.75, 3.05) is 4.90 Å². The van der Waals surface area contributed by atoms with Gasteiger partial charge in [0, 0.05) is 16.8 Å². The van der Waals surface area contributed by atoms with Gasteiger partial charge in [0.2, 0.25) is 0 Å². The Morgan fingerprint density at radius 3 is 1.83 bits per heavy atom. The fraction of sp³-hybridized carbons (Fsp3) is 0.0435. The second-order valence-electron chi connectivity index (χ2n) is 6.01. The van der Waals surface area contributed by atoms with E-state index in [1.807, 2.05) is 0 Å². The Balaban J connectivity index is 1.98. The van der Waals surface area contributed by atoms with E-state index in [1.165, 1.54) is 22.0 Å². The molecule has 0 saturated heterocycles. The van der Waals surface area contributed by atoms with Gasteiger partial charge in [0.15, 0.2) is 0 Å². The normalized spacial score (nSPS) is 10.7. The maximum absolute atomic E-state index is 2.32. The lowest BCUT2D eigenvalue weighted by atomic mass is 10.0. The third kappa shape index (κ3) is 2.65. The first kappa shape index (κ1) is 14.5. The number of rotatable bonds is 3. The fourth-order valence-electron chi connectivity index (χ4n) is 3.16. The molecule has 0 unspecified atom stereocenters. The van der Waals surface area contributed by atoms with Crippen LogP contribution in [0.3, 0.4) is 0 Å². The molecule has 4 aromatic carbocycles. The summed E-state index contributed by atoms with van der Waals surface area (Å²) < 4.78 is 0. The van der Waals surface area contributed by atoms with Gasteiger partial charge in [-0.25, -0.2) is 0 Å². The Hall–Kier alpha value is -3.06. The van der Waals surface area contributed by atoms with Gasteiger partial charge in [0.25, 0.3) is 0 Å². The van der Waals surface area contributed by atoms with E-state index in [0.29, 0.717) is 0 Å². The average molecular weight is 309 g/mol. The number of aryl methyl sites for hydroxylation is 1. The zero-order chi connectivity index (χ0) is 16.4. The molecule has 0 amide bonds. The number of anilines is 3. The standard InChI is InChI=1S/C23H19N/c1-18-15-16-22-19(17-18)9-8-14-23(22)24(20-10-4-2-5-11-20)21-12-6-3-7-13-21/h2-17H,1H3. The summed E-state index contributed by atoms with van der Waals surface area (Å²) in [7, 11) is 0. The summed E-state index contributed by atoms with van der Waals surface area (Å²) in [5.41, 5.74) is 4.81. The van der Waals surface area contributed by atoms with E-state index in [0.717, 1.165) is 11.4 Å². The Morgan fingerprint density at radius 2 is 1.21 bits per heavy atom. The fourth-order valence-corrected chi connectivity index (χ4v) is 3.16. The lowest BCUT2D eigenvalue weighted by Gasteiger charge is -2.26. The monoisotopic (exact) mass is 309 g/mol. The molecule has 4 aromatic rings. The molecule has 24 heavy (non-hydrogen) atoms. The summed E-state index contributed by atoms with van der Waals surface area (Å²) in [5.74, 6) is 0. The molecule has 0 bridgehead atoms. The van der Waals surface area contributed by atoms with Gasteiger partial charge in [-0.2, -0.15) is 0 Å². The van der Waals surface area contributed by atoms with Crippen LogP contribution in [0.5, 0.6) is 0 Å². The van der Waals surface area contributed by atoms with Crippen molar-refractivity contribution in [2.24, 2.45) is 0 Å². The summed E-state index contributed by atoms with van der Waals surface area (Å²) >= 11 is 0. The van der Waals surface area contributed by atoms with Crippen molar-refractivity contribution in [3.63, 3.8) is 0 Å². The maximum atomic E-state index is 2.32. The Morgan fingerprint density at radius 1 is 0.583 bits per heavy atom. The van der Waals surface area contributed by atoms with Gasteiger partial charge in [0.1, 0.15) is 0 Å². The minimum atomic E-state index is 1.16. The molecule has 0 aliphatic rings. The average Bonchev–Trinajstić information content (AvgIpc) is 2.64. The van der Waals surface area contributed by atoms with Crippen molar-refractivity contribution in [3.05, 3.63) is 103 Å². The number of benzene rings is 4. The molecule has 0 N–H and O–H groups in total. The predicted molar refractivity (Wildman–Crippen MR) is 103 cm³/mol. The zero-order valence-electron chi connectivity index (χ0n) is 13.7. The summed E-state index contributed by atoms with van der Waals surface area (Å²) in [6.45, 7) is 2.14. The molecule has 0 atom stereocenters. The lowest BCUT2D eigenvalue weighted by molar-refractivity contribution is 1.30. The van der Waals surface area contributed by atoms with Crippen LogP contribution in [0.15, 0.2) is 97.1 Å². The van der Waals surface area contributed by atoms with E-state index < -0.39 is 0 Å². The number of para-hydroxylation sites is 2. The summed E-state index contributed by atoms with van der Waals surface area (Å²) in [6, 6.07) is 34.2. The summed E-state index contributed by atoms with van der Waals surface area (Å²) in [6.07, 6.45) is 0. The van der Waals surface area contributed by atoms with Crippen molar-refractivity contribution >= 4 is 27.8 Å². The lowest BCUT2D eigenvalue weighted by Crippen LogP contribution is -2.10. The molecular weight excluding hydrogens is 290 g/mol. The minimum absolute atomic E-state index is 1.16. The Labute approximate surface area is 142 Å². The summed E-state index contributed by atoms with van der Waals surface area (Å²) in [5, 5.41) is 2.53. The molecule has 0 spiro atoms. The molecule has 1 heteroatoms. The largest absolute Gasteiger partial charge is 0.310 e. The number of hydrogen-bond donors (Lipinski definition) is 0. The van der Waals surface area contributed by atoms with Crippen LogP contribution in [0.1, 0.15) is 5.56 Å². The van der Waals surface area contributed by atoms with Crippen LogP contribution in [-0.2, 0) is 0 Å². The molecule has 4 rings (SSSR count). The molecule has 0 aliphatic heterocycles. The van der Waals surface area contributed by atoms with Crippen LogP contribution in [0.2, 0.25) is 0 Å². The number of hydrogen-bond acceptors (Lipinski definition) is 1. The van der Waals surface area contributed by atoms with Gasteiger partial charge in [-0.3, -0.25) is 0 Å². The van der Waals surface area contributed by atoms with Crippen LogP contribution in [-0.4, -0.2) is 0 Å². The molecule has 0 fully saturated rings. The maximum Gasteiger partial charge on any atom is 0.0540 e. The van der Waals surface area contributed by atoms with Gasteiger partial charge in [-0.15, -0.1) is 0 Å². The second kappa shape index (κ2) is 6.21. The highest BCUT2D eigenvalue weighted by molar-refractivity contribution is 5.99. The third-order valence-corrected chi connectivity index (χ3v) is 4.28. The molecule has 116 valence electrons. The van der Waals surface area contributed by atoms with Crippen LogP contribution < -0.4 is 4.90 Å². The van der Waals surface area contributed by atoms with E-state index in [2.05, 4.69) is 109 Å². The van der Waals surface area contributed by atoms with E-state index >= 15 is 0 Å². The van der Waals surface area contributed by atoms with Gasteiger partial charge >= 0.3 is 0 Å².